The van der Waals surface area contributed by atoms with Gasteiger partial charge in [-0.25, -0.2) is 9.97 Å². The summed E-state index contributed by atoms with van der Waals surface area (Å²) in [5, 5.41) is 13.5. The number of hydrazine groups is 1. The molecule has 0 fully saturated rings. The second-order valence-electron chi connectivity index (χ2n) is 6.39. The van der Waals surface area contributed by atoms with Gasteiger partial charge in [0.25, 0.3) is 5.91 Å². The third kappa shape index (κ3) is 5.03. The second-order valence-corrected chi connectivity index (χ2v) is 6.80. The van der Waals surface area contributed by atoms with Crippen molar-refractivity contribution in [2.45, 2.75) is 13.1 Å². The predicted octanol–water partition coefficient (Wildman–Crippen LogP) is 4.87. The first-order valence-corrected chi connectivity index (χ1v) is 9.21. The van der Waals surface area contributed by atoms with E-state index in [9.17, 15) is 28.1 Å². The van der Waals surface area contributed by atoms with Gasteiger partial charge in [-0.05, 0) is 36.8 Å². The molecular weight excluding hydrogens is 453 g/mol. The van der Waals surface area contributed by atoms with Crippen molar-refractivity contribution >= 4 is 40.5 Å². The number of benzene rings is 2. The van der Waals surface area contributed by atoms with Crippen molar-refractivity contribution in [1.29, 1.82) is 0 Å². The number of nitro groups is 1. The molecular formula is C19H14ClF3N6O3. The van der Waals surface area contributed by atoms with E-state index in [-0.39, 0.29) is 11.5 Å². The first-order chi connectivity index (χ1) is 15.1. The van der Waals surface area contributed by atoms with Gasteiger partial charge >= 0.3 is 11.9 Å². The highest BCUT2D eigenvalue weighted by Crippen LogP contribution is 2.37. The van der Waals surface area contributed by atoms with Gasteiger partial charge in [0.1, 0.15) is 6.33 Å². The molecule has 0 atom stereocenters. The lowest BCUT2D eigenvalue weighted by Crippen LogP contribution is -2.30. The van der Waals surface area contributed by atoms with Crippen LogP contribution in [0.15, 0.2) is 48.8 Å². The van der Waals surface area contributed by atoms with Gasteiger partial charge in [-0.1, -0.05) is 29.8 Å². The van der Waals surface area contributed by atoms with Crippen LogP contribution < -0.4 is 16.2 Å². The van der Waals surface area contributed by atoms with Crippen LogP contribution in [-0.2, 0) is 6.18 Å². The van der Waals surface area contributed by atoms with E-state index in [4.69, 9.17) is 11.6 Å². The Balaban J connectivity index is 1.88. The van der Waals surface area contributed by atoms with E-state index in [1.54, 1.807) is 31.2 Å². The van der Waals surface area contributed by atoms with Crippen molar-refractivity contribution in [3.05, 3.63) is 80.6 Å². The van der Waals surface area contributed by atoms with Crippen LogP contribution in [0.5, 0.6) is 0 Å². The highest BCUT2D eigenvalue weighted by molar-refractivity contribution is 6.31. The molecule has 1 amide bonds. The maximum atomic E-state index is 13.1. The lowest BCUT2D eigenvalue weighted by molar-refractivity contribution is -0.383. The SMILES string of the molecule is Cc1ccccc1C(=O)NNc1ncnc(Nc2ccc(Cl)c(C(F)(F)F)c2)c1[N+](=O)[O-]. The van der Waals surface area contributed by atoms with Crippen LogP contribution in [0.25, 0.3) is 0 Å². The van der Waals surface area contributed by atoms with Crippen molar-refractivity contribution in [1.82, 2.24) is 15.4 Å². The van der Waals surface area contributed by atoms with Crippen molar-refractivity contribution < 1.29 is 22.9 Å². The van der Waals surface area contributed by atoms with Crippen LogP contribution in [0.4, 0.5) is 36.2 Å². The summed E-state index contributed by atoms with van der Waals surface area (Å²) in [5.41, 5.74) is 3.71. The summed E-state index contributed by atoms with van der Waals surface area (Å²) in [4.78, 5) is 30.6. The summed E-state index contributed by atoms with van der Waals surface area (Å²) in [6.07, 6.45) is -3.78. The van der Waals surface area contributed by atoms with Gasteiger partial charge in [0.15, 0.2) is 0 Å². The van der Waals surface area contributed by atoms with Crippen LogP contribution in [0.3, 0.4) is 0 Å². The molecule has 1 heterocycles. The van der Waals surface area contributed by atoms with Crippen LogP contribution in [-0.4, -0.2) is 20.8 Å². The Kier molecular flexibility index (Phi) is 6.44. The number of carbonyl (C=O) groups excluding carboxylic acids is 1. The second kappa shape index (κ2) is 9.06. The van der Waals surface area contributed by atoms with Gasteiger partial charge in [-0.3, -0.25) is 25.8 Å². The molecule has 0 aliphatic rings. The number of aryl methyl sites for hydroxylation is 1. The largest absolute Gasteiger partial charge is 0.417 e. The summed E-state index contributed by atoms with van der Waals surface area (Å²) >= 11 is 5.59. The lowest BCUT2D eigenvalue weighted by atomic mass is 10.1. The average molecular weight is 467 g/mol. The number of rotatable bonds is 6. The predicted molar refractivity (Wildman–Crippen MR) is 111 cm³/mol. The topological polar surface area (TPSA) is 122 Å². The summed E-state index contributed by atoms with van der Waals surface area (Å²) in [7, 11) is 0. The molecule has 3 aromatic rings. The summed E-state index contributed by atoms with van der Waals surface area (Å²) in [6, 6.07) is 9.57. The summed E-state index contributed by atoms with van der Waals surface area (Å²) < 4.78 is 39.3. The average Bonchev–Trinajstić information content (AvgIpc) is 2.72. The van der Waals surface area contributed by atoms with Crippen molar-refractivity contribution in [3.8, 4) is 0 Å². The number of nitrogens with one attached hydrogen (secondary N) is 3. The van der Waals surface area contributed by atoms with Crippen LogP contribution in [0.1, 0.15) is 21.5 Å². The van der Waals surface area contributed by atoms with E-state index in [1.807, 2.05) is 0 Å². The fourth-order valence-corrected chi connectivity index (χ4v) is 2.93. The van der Waals surface area contributed by atoms with E-state index >= 15 is 0 Å². The minimum absolute atomic E-state index is 0.140. The van der Waals surface area contributed by atoms with Crippen LogP contribution in [0, 0.1) is 17.0 Å². The Morgan fingerprint density at radius 1 is 1.12 bits per heavy atom. The maximum Gasteiger partial charge on any atom is 0.417 e. The molecule has 0 aliphatic heterocycles. The first-order valence-electron chi connectivity index (χ1n) is 8.83. The quantitative estimate of drug-likeness (QED) is 0.350. The molecule has 0 saturated heterocycles. The van der Waals surface area contributed by atoms with E-state index < -0.39 is 39.1 Å². The standard InChI is InChI=1S/C19H14ClF3N6O3/c1-10-4-2-3-5-12(10)18(30)28-27-17-15(29(31)32)16(24-9-25-17)26-11-6-7-14(20)13(8-11)19(21,22)23/h2-9H,1H3,(H,28,30)(H2,24,25,26,27). The Bertz CT molecular complexity index is 1190. The zero-order valence-electron chi connectivity index (χ0n) is 16.2. The molecule has 3 rings (SSSR count). The van der Waals surface area contributed by atoms with E-state index in [0.717, 1.165) is 12.4 Å². The summed E-state index contributed by atoms with van der Waals surface area (Å²) in [6.45, 7) is 1.71. The number of hydrogen-bond donors (Lipinski definition) is 3. The molecule has 0 unspecified atom stereocenters. The number of amides is 1. The van der Waals surface area contributed by atoms with Crippen LogP contribution >= 0.6 is 11.6 Å². The van der Waals surface area contributed by atoms with Gasteiger partial charge in [0.2, 0.25) is 11.6 Å². The zero-order chi connectivity index (χ0) is 23.5. The molecule has 0 saturated carbocycles. The smallest absolute Gasteiger partial charge is 0.334 e. The highest BCUT2D eigenvalue weighted by atomic mass is 35.5. The molecule has 2 aromatic carbocycles. The lowest BCUT2D eigenvalue weighted by Gasteiger charge is -2.13. The molecule has 13 heteroatoms. The van der Waals surface area contributed by atoms with Gasteiger partial charge in [0.05, 0.1) is 15.5 Å². The summed E-state index contributed by atoms with van der Waals surface area (Å²) in [5.74, 6) is -1.34. The molecule has 0 radical (unpaired) electrons. The molecule has 0 bridgehead atoms. The van der Waals surface area contributed by atoms with E-state index in [1.165, 1.54) is 6.07 Å². The number of nitrogens with zero attached hydrogens (tertiary/aromatic N) is 3. The fourth-order valence-electron chi connectivity index (χ4n) is 2.70. The number of aromatic nitrogens is 2. The first kappa shape index (κ1) is 22.7. The molecule has 3 N–H and O–H groups in total. The number of carbonyl (C=O) groups is 1. The van der Waals surface area contributed by atoms with Crippen molar-refractivity contribution in [2.75, 3.05) is 10.7 Å². The Morgan fingerprint density at radius 3 is 2.47 bits per heavy atom. The van der Waals surface area contributed by atoms with Gasteiger partial charge in [-0.15, -0.1) is 0 Å². The van der Waals surface area contributed by atoms with Gasteiger partial charge in [-0.2, -0.15) is 13.2 Å². The number of alkyl halides is 3. The number of hydrogen-bond acceptors (Lipinski definition) is 7. The molecule has 32 heavy (non-hydrogen) atoms. The normalized spacial score (nSPS) is 11.0. The Hall–Kier alpha value is -3.93. The number of halogens is 4. The Labute approximate surface area is 183 Å². The maximum absolute atomic E-state index is 13.1. The molecule has 1 aromatic heterocycles. The van der Waals surface area contributed by atoms with Gasteiger partial charge < -0.3 is 5.32 Å². The third-order valence-electron chi connectivity index (χ3n) is 4.22. The van der Waals surface area contributed by atoms with E-state index in [0.29, 0.717) is 17.2 Å². The fraction of sp³-hybridized carbons (Fsp3) is 0.105. The van der Waals surface area contributed by atoms with Crippen molar-refractivity contribution in [2.24, 2.45) is 0 Å². The van der Waals surface area contributed by atoms with Gasteiger partial charge in [0, 0.05) is 11.3 Å². The monoisotopic (exact) mass is 466 g/mol. The van der Waals surface area contributed by atoms with Crippen molar-refractivity contribution in [3.63, 3.8) is 0 Å². The highest BCUT2D eigenvalue weighted by Gasteiger charge is 2.33. The van der Waals surface area contributed by atoms with E-state index in [2.05, 4.69) is 26.1 Å². The molecule has 9 nitrogen and oxygen atoms in total. The molecule has 0 spiro atoms. The zero-order valence-corrected chi connectivity index (χ0v) is 17.0. The molecule has 166 valence electrons. The minimum atomic E-state index is -4.72. The Morgan fingerprint density at radius 2 is 1.81 bits per heavy atom. The van der Waals surface area contributed by atoms with Crippen LogP contribution in [0.2, 0.25) is 5.02 Å². The minimum Gasteiger partial charge on any atom is -0.334 e. The molecule has 0 aliphatic carbocycles. The number of anilines is 3. The third-order valence-corrected chi connectivity index (χ3v) is 4.55.